The predicted octanol–water partition coefficient (Wildman–Crippen LogP) is 2.01. The summed E-state index contributed by atoms with van der Waals surface area (Å²) in [5.41, 5.74) is 3.53. The van der Waals surface area contributed by atoms with Crippen molar-refractivity contribution in [1.82, 2.24) is 30.5 Å². The van der Waals surface area contributed by atoms with Crippen LogP contribution in [0.4, 0.5) is 5.95 Å². The molecule has 3 aromatic rings. The molecule has 0 aliphatic carbocycles. The molecule has 26 heavy (non-hydrogen) atoms. The maximum absolute atomic E-state index is 9.01. The van der Waals surface area contributed by atoms with E-state index in [-0.39, 0.29) is 0 Å². The zero-order chi connectivity index (χ0) is 17.9. The summed E-state index contributed by atoms with van der Waals surface area (Å²) in [4.78, 5) is 13.5. The molecule has 0 amide bonds. The highest BCUT2D eigenvalue weighted by Crippen LogP contribution is 2.28. The van der Waals surface area contributed by atoms with Crippen molar-refractivity contribution < 1.29 is 0 Å². The van der Waals surface area contributed by atoms with Crippen LogP contribution in [0, 0.1) is 11.3 Å². The van der Waals surface area contributed by atoms with Gasteiger partial charge in [0.05, 0.1) is 11.4 Å². The fourth-order valence-corrected chi connectivity index (χ4v) is 3.25. The minimum absolute atomic E-state index is 0.336. The van der Waals surface area contributed by atoms with Crippen LogP contribution in [0.3, 0.4) is 0 Å². The van der Waals surface area contributed by atoms with Crippen LogP contribution in [0.15, 0.2) is 18.3 Å². The largest absolute Gasteiger partial charge is 0.350 e. The van der Waals surface area contributed by atoms with Crippen LogP contribution in [0.2, 0.25) is 0 Å². The van der Waals surface area contributed by atoms with Crippen molar-refractivity contribution in [3.8, 4) is 17.5 Å². The molecule has 3 N–H and O–H groups in total. The van der Waals surface area contributed by atoms with Crippen LogP contribution in [0.25, 0.3) is 22.4 Å². The number of nitrogens with one attached hydrogen (secondary N) is 3. The first-order valence-electron chi connectivity index (χ1n) is 8.87. The van der Waals surface area contributed by atoms with Crippen LogP contribution in [0.5, 0.6) is 0 Å². The lowest BCUT2D eigenvalue weighted by Gasteiger charge is -2.24. The lowest BCUT2D eigenvalue weighted by atomic mass is 10.1. The first-order chi connectivity index (χ1) is 12.8. The van der Waals surface area contributed by atoms with Gasteiger partial charge in [0.25, 0.3) is 0 Å². The van der Waals surface area contributed by atoms with Crippen LogP contribution in [-0.4, -0.2) is 44.3 Å². The normalized spacial score (nSPS) is 17.2. The molecule has 1 atom stereocenters. The summed E-state index contributed by atoms with van der Waals surface area (Å²) in [7, 11) is 0. The molecule has 132 valence electrons. The van der Waals surface area contributed by atoms with E-state index in [1.807, 2.05) is 18.3 Å². The number of H-pyrrole nitrogens is 1. The Morgan fingerprint density at radius 2 is 2.27 bits per heavy atom. The Labute approximate surface area is 151 Å². The van der Waals surface area contributed by atoms with E-state index in [2.05, 4.69) is 37.7 Å². The van der Waals surface area contributed by atoms with Gasteiger partial charge in [0.2, 0.25) is 5.95 Å². The molecular weight excluding hydrogens is 328 g/mol. The Morgan fingerprint density at radius 1 is 1.35 bits per heavy atom. The van der Waals surface area contributed by atoms with Gasteiger partial charge in [-0.15, -0.1) is 0 Å². The zero-order valence-corrected chi connectivity index (χ0v) is 14.6. The summed E-state index contributed by atoms with van der Waals surface area (Å²) in [6, 6.07) is 5.93. The number of aryl methyl sites for hydroxylation is 1. The number of hydrogen-bond acceptors (Lipinski definition) is 7. The standard InChI is InChI=1S/C18H20N8/c1-2-11-9-21-18(23-13-4-3-7-20-10-13)24-15(11)16-14-6-5-12(8-19)22-17(14)26-25-16/h5-6,9,13,20H,2-4,7,10H2,1H3,(H,21,23,24)(H,22,25,26)/t13-/m0/s1. The SMILES string of the molecule is CCc1cnc(N[C@H]2CCCNC2)nc1-c1[nH]nc2nc(C#N)ccc12. The van der Waals surface area contributed by atoms with E-state index in [1.54, 1.807) is 6.07 Å². The van der Waals surface area contributed by atoms with Crippen LogP contribution in [-0.2, 0) is 6.42 Å². The summed E-state index contributed by atoms with van der Waals surface area (Å²) in [6.07, 6.45) is 4.93. The Hall–Kier alpha value is -3.05. The maximum Gasteiger partial charge on any atom is 0.223 e. The highest BCUT2D eigenvalue weighted by molar-refractivity contribution is 5.90. The molecule has 0 aromatic carbocycles. The van der Waals surface area contributed by atoms with Gasteiger partial charge >= 0.3 is 0 Å². The summed E-state index contributed by atoms with van der Waals surface area (Å²) in [6.45, 7) is 4.06. The van der Waals surface area contributed by atoms with Gasteiger partial charge in [-0.25, -0.2) is 15.0 Å². The van der Waals surface area contributed by atoms with Crippen LogP contribution < -0.4 is 10.6 Å². The molecule has 1 fully saturated rings. The number of fused-ring (bicyclic) bond motifs is 1. The molecule has 1 saturated heterocycles. The van der Waals surface area contributed by atoms with Crippen molar-refractivity contribution in [2.24, 2.45) is 0 Å². The molecule has 0 spiro atoms. The third-order valence-corrected chi connectivity index (χ3v) is 4.64. The second kappa shape index (κ2) is 7.06. The molecular formula is C18H20N8. The van der Waals surface area contributed by atoms with E-state index in [0.717, 1.165) is 54.7 Å². The van der Waals surface area contributed by atoms with Crippen LogP contribution in [0.1, 0.15) is 31.0 Å². The Kier molecular flexibility index (Phi) is 4.46. The number of aromatic amines is 1. The van der Waals surface area contributed by atoms with Gasteiger partial charge < -0.3 is 10.6 Å². The molecule has 0 saturated carbocycles. The van der Waals surface area contributed by atoms with Gasteiger partial charge in [-0.1, -0.05) is 6.92 Å². The lowest BCUT2D eigenvalue weighted by molar-refractivity contribution is 0.478. The predicted molar refractivity (Wildman–Crippen MR) is 98.5 cm³/mol. The Bertz CT molecular complexity index is 965. The lowest BCUT2D eigenvalue weighted by Crippen LogP contribution is -2.38. The second-order valence-electron chi connectivity index (χ2n) is 6.39. The summed E-state index contributed by atoms with van der Waals surface area (Å²) in [5, 5.41) is 24.0. The van der Waals surface area contributed by atoms with E-state index in [1.165, 1.54) is 0 Å². The number of hydrogen-bond donors (Lipinski definition) is 3. The molecule has 4 heterocycles. The Morgan fingerprint density at radius 3 is 3.04 bits per heavy atom. The number of nitrogens with zero attached hydrogens (tertiary/aromatic N) is 5. The molecule has 3 aromatic heterocycles. The molecule has 0 radical (unpaired) electrons. The van der Waals surface area contributed by atoms with E-state index < -0.39 is 0 Å². The van der Waals surface area contributed by atoms with Crippen molar-refractivity contribution in [2.45, 2.75) is 32.2 Å². The summed E-state index contributed by atoms with van der Waals surface area (Å²) in [5.74, 6) is 0.621. The average Bonchev–Trinajstić information content (AvgIpc) is 3.11. The van der Waals surface area contributed by atoms with Crippen LogP contribution >= 0.6 is 0 Å². The van der Waals surface area contributed by atoms with Crippen molar-refractivity contribution in [3.63, 3.8) is 0 Å². The number of pyridine rings is 1. The number of anilines is 1. The zero-order valence-electron chi connectivity index (χ0n) is 14.6. The first kappa shape index (κ1) is 16.4. The van der Waals surface area contributed by atoms with Crippen molar-refractivity contribution in [2.75, 3.05) is 18.4 Å². The number of aromatic nitrogens is 5. The highest BCUT2D eigenvalue weighted by Gasteiger charge is 2.18. The van der Waals surface area contributed by atoms with Crippen molar-refractivity contribution in [3.05, 3.63) is 29.6 Å². The second-order valence-corrected chi connectivity index (χ2v) is 6.39. The van der Waals surface area contributed by atoms with Gasteiger partial charge in [-0.2, -0.15) is 10.4 Å². The van der Waals surface area contributed by atoms with Crippen molar-refractivity contribution >= 4 is 17.0 Å². The minimum Gasteiger partial charge on any atom is -0.350 e. The number of rotatable bonds is 4. The molecule has 4 rings (SSSR count). The van der Waals surface area contributed by atoms with E-state index in [4.69, 9.17) is 10.2 Å². The number of nitriles is 1. The maximum atomic E-state index is 9.01. The van der Waals surface area contributed by atoms with E-state index >= 15 is 0 Å². The number of piperidine rings is 1. The molecule has 8 heteroatoms. The minimum atomic E-state index is 0.336. The smallest absolute Gasteiger partial charge is 0.223 e. The molecule has 1 aliphatic rings. The average molecular weight is 348 g/mol. The van der Waals surface area contributed by atoms with Gasteiger partial charge in [0.15, 0.2) is 5.65 Å². The van der Waals surface area contributed by atoms with E-state index in [0.29, 0.717) is 23.3 Å². The van der Waals surface area contributed by atoms with Crippen molar-refractivity contribution in [1.29, 1.82) is 5.26 Å². The van der Waals surface area contributed by atoms with Gasteiger partial charge in [0.1, 0.15) is 11.8 Å². The monoisotopic (exact) mass is 348 g/mol. The first-order valence-corrected chi connectivity index (χ1v) is 8.87. The molecule has 0 unspecified atom stereocenters. The molecule has 8 nitrogen and oxygen atoms in total. The third-order valence-electron chi connectivity index (χ3n) is 4.64. The fourth-order valence-electron chi connectivity index (χ4n) is 3.25. The van der Waals surface area contributed by atoms with Gasteiger partial charge in [-0.05, 0) is 43.5 Å². The molecule has 1 aliphatic heterocycles. The quantitative estimate of drug-likeness (QED) is 0.660. The third kappa shape index (κ3) is 3.09. The topological polar surface area (TPSA) is 115 Å². The Balaban J connectivity index is 1.72. The molecule has 0 bridgehead atoms. The van der Waals surface area contributed by atoms with Gasteiger partial charge in [0, 0.05) is 24.2 Å². The summed E-state index contributed by atoms with van der Waals surface area (Å²) < 4.78 is 0. The highest BCUT2D eigenvalue weighted by atomic mass is 15.2. The fraction of sp³-hybridized carbons (Fsp3) is 0.389. The van der Waals surface area contributed by atoms with E-state index in [9.17, 15) is 0 Å². The van der Waals surface area contributed by atoms with Gasteiger partial charge in [-0.3, -0.25) is 5.10 Å². The summed E-state index contributed by atoms with van der Waals surface area (Å²) >= 11 is 0.